The SMILES string of the molecule is CCOC(=O)CCCCCOc1ccc(N=Nc2ccc(N)cc2)cc1. The maximum atomic E-state index is 11.2. The molecule has 0 aliphatic rings. The second-order valence-electron chi connectivity index (χ2n) is 5.75. The molecule has 0 spiro atoms. The number of hydrogen-bond acceptors (Lipinski definition) is 6. The van der Waals surface area contributed by atoms with E-state index in [0.29, 0.717) is 25.3 Å². The van der Waals surface area contributed by atoms with Gasteiger partial charge in [0.2, 0.25) is 0 Å². The van der Waals surface area contributed by atoms with Gasteiger partial charge in [-0.2, -0.15) is 10.2 Å². The average Bonchev–Trinajstić information content (AvgIpc) is 2.65. The molecule has 0 saturated carbocycles. The summed E-state index contributed by atoms with van der Waals surface area (Å²) in [6.07, 6.45) is 3.14. The number of rotatable bonds is 10. The summed E-state index contributed by atoms with van der Waals surface area (Å²) in [5.41, 5.74) is 7.84. The number of esters is 1. The second-order valence-corrected chi connectivity index (χ2v) is 5.75. The summed E-state index contributed by atoms with van der Waals surface area (Å²) in [4.78, 5) is 11.2. The first kappa shape index (κ1) is 19.4. The standard InChI is InChI=1S/C20H25N3O3/c1-2-25-20(24)6-4-3-5-15-26-19-13-11-18(12-14-19)23-22-17-9-7-16(21)8-10-17/h7-14H,2-6,15,21H2,1H3. The van der Waals surface area contributed by atoms with E-state index >= 15 is 0 Å². The molecule has 0 amide bonds. The first-order chi connectivity index (χ1) is 12.7. The van der Waals surface area contributed by atoms with Crippen molar-refractivity contribution >= 4 is 23.0 Å². The fourth-order valence-electron chi connectivity index (χ4n) is 2.24. The minimum Gasteiger partial charge on any atom is -0.494 e. The quantitative estimate of drug-likeness (QED) is 0.275. The lowest BCUT2D eigenvalue weighted by Crippen LogP contribution is -2.04. The lowest BCUT2D eigenvalue weighted by molar-refractivity contribution is -0.143. The van der Waals surface area contributed by atoms with E-state index in [2.05, 4.69) is 10.2 Å². The van der Waals surface area contributed by atoms with Crippen LogP contribution >= 0.6 is 0 Å². The van der Waals surface area contributed by atoms with E-state index < -0.39 is 0 Å². The summed E-state index contributed by atoms with van der Waals surface area (Å²) in [5, 5.41) is 8.35. The Hall–Kier alpha value is -2.89. The summed E-state index contributed by atoms with van der Waals surface area (Å²) in [6, 6.07) is 14.7. The second kappa shape index (κ2) is 10.9. The Labute approximate surface area is 154 Å². The Morgan fingerprint density at radius 1 is 0.923 bits per heavy atom. The number of carbonyl (C=O) groups is 1. The third-order valence-corrected chi connectivity index (χ3v) is 3.61. The number of anilines is 1. The molecule has 2 N–H and O–H groups in total. The van der Waals surface area contributed by atoms with E-state index in [1.807, 2.05) is 43.3 Å². The predicted molar refractivity (Wildman–Crippen MR) is 102 cm³/mol. The zero-order valence-corrected chi connectivity index (χ0v) is 15.1. The molecule has 0 aromatic heterocycles. The van der Waals surface area contributed by atoms with Crippen LogP contribution in [0.2, 0.25) is 0 Å². The van der Waals surface area contributed by atoms with E-state index in [1.165, 1.54) is 0 Å². The molecule has 0 fully saturated rings. The van der Waals surface area contributed by atoms with E-state index in [1.54, 1.807) is 12.1 Å². The van der Waals surface area contributed by atoms with Gasteiger partial charge in [0.25, 0.3) is 0 Å². The molecule has 6 nitrogen and oxygen atoms in total. The molecular formula is C20H25N3O3. The van der Waals surface area contributed by atoms with Crippen molar-refractivity contribution < 1.29 is 14.3 Å². The molecule has 0 radical (unpaired) electrons. The minimum atomic E-state index is -0.128. The Morgan fingerprint density at radius 3 is 2.15 bits per heavy atom. The topological polar surface area (TPSA) is 86.3 Å². The fraction of sp³-hybridized carbons (Fsp3) is 0.350. The molecule has 0 atom stereocenters. The average molecular weight is 355 g/mol. The molecule has 6 heteroatoms. The number of nitrogen functional groups attached to an aromatic ring is 1. The van der Waals surface area contributed by atoms with Crippen LogP contribution in [0.4, 0.5) is 17.1 Å². The highest BCUT2D eigenvalue weighted by Crippen LogP contribution is 2.22. The van der Waals surface area contributed by atoms with Gasteiger partial charge in [0, 0.05) is 12.1 Å². The van der Waals surface area contributed by atoms with Crippen LogP contribution in [0.25, 0.3) is 0 Å². The molecular weight excluding hydrogens is 330 g/mol. The predicted octanol–water partition coefficient (Wildman–Crippen LogP) is 5.19. The highest BCUT2D eigenvalue weighted by atomic mass is 16.5. The Balaban J connectivity index is 1.67. The monoisotopic (exact) mass is 355 g/mol. The van der Waals surface area contributed by atoms with Crippen molar-refractivity contribution in [1.82, 2.24) is 0 Å². The van der Waals surface area contributed by atoms with Crippen LogP contribution in [-0.4, -0.2) is 19.2 Å². The van der Waals surface area contributed by atoms with Gasteiger partial charge in [-0.3, -0.25) is 4.79 Å². The molecule has 0 bridgehead atoms. The van der Waals surface area contributed by atoms with Crippen LogP contribution in [-0.2, 0) is 9.53 Å². The number of ether oxygens (including phenoxy) is 2. The van der Waals surface area contributed by atoms with Crippen LogP contribution in [0.5, 0.6) is 5.75 Å². The van der Waals surface area contributed by atoms with E-state index in [4.69, 9.17) is 15.2 Å². The van der Waals surface area contributed by atoms with Gasteiger partial charge in [-0.15, -0.1) is 0 Å². The largest absolute Gasteiger partial charge is 0.494 e. The summed E-state index contributed by atoms with van der Waals surface area (Å²) in [5.74, 6) is 0.666. The Morgan fingerprint density at radius 2 is 1.54 bits per heavy atom. The van der Waals surface area contributed by atoms with E-state index in [-0.39, 0.29) is 5.97 Å². The highest BCUT2D eigenvalue weighted by molar-refractivity contribution is 5.69. The zero-order valence-electron chi connectivity index (χ0n) is 15.1. The first-order valence-electron chi connectivity index (χ1n) is 8.83. The number of benzene rings is 2. The first-order valence-corrected chi connectivity index (χ1v) is 8.83. The molecule has 0 aliphatic carbocycles. The highest BCUT2D eigenvalue weighted by Gasteiger charge is 2.01. The smallest absolute Gasteiger partial charge is 0.305 e. The normalized spacial score (nSPS) is 10.8. The number of carbonyl (C=O) groups excluding carboxylic acids is 1. The van der Waals surface area contributed by atoms with E-state index in [9.17, 15) is 4.79 Å². The van der Waals surface area contributed by atoms with Crippen molar-refractivity contribution in [3.8, 4) is 5.75 Å². The molecule has 2 rings (SSSR count). The minimum absolute atomic E-state index is 0.128. The molecule has 0 unspecified atom stereocenters. The van der Waals surface area contributed by atoms with Gasteiger partial charge in [0.05, 0.1) is 24.6 Å². The van der Waals surface area contributed by atoms with Crippen LogP contribution in [0, 0.1) is 0 Å². The van der Waals surface area contributed by atoms with Crippen molar-refractivity contribution in [3.05, 3.63) is 48.5 Å². The molecule has 138 valence electrons. The van der Waals surface area contributed by atoms with Crippen molar-refractivity contribution in [3.63, 3.8) is 0 Å². The van der Waals surface area contributed by atoms with Gasteiger partial charge in [-0.25, -0.2) is 0 Å². The molecule has 2 aromatic carbocycles. The molecule has 2 aromatic rings. The van der Waals surface area contributed by atoms with Crippen LogP contribution in [0.15, 0.2) is 58.8 Å². The maximum absolute atomic E-state index is 11.2. The summed E-state index contributed by atoms with van der Waals surface area (Å²) < 4.78 is 10.6. The van der Waals surface area contributed by atoms with Crippen LogP contribution < -0.4 is 10.5 Å². The number of nitrogens with two attached hydrogens (primary N) is 1. The third kappa shape index (κ3) is 7.34. The van der Waals surface area contributed by atoms with Crippen LogP contribution in [0.3, 0.4) is 0 Å². The number of azo groups is 1. The molecule has 26 heavy (non-hydrogen) atoms. The Kier molecular flexibility index (Phi) is 8.12. The number of unbranched alkanes of at least 4 members (excludes halogenated alkanes) is 2. The lowest BCUT2D eigenvalue weighted by Gasteiger charge is -2.06. The summed E-state index contributed by atoms with van der Waals surface area (Å²) in [7, 11) is 0. The number of nitrogens with zero attached hydrogens (tertiary/aromatic N) is 2. The molecule has 0 aliphatic heterocycles. The lowest BCUT2D eigenvalue weighted by atomic mass is 10.2. The zero-order chi connectivity index (χ0) is 18.6. The van der Waals surface area contributed by atoms with Gasteiger partial charge in [0.1, 0.15) is 5.75 Å². The molecule has 0 heterocycles. The van der Waals surface area contributed by atoms with Gasteiger partial charge >= 0.3 is 5.97 Å². The Bertz CT molecular complexity index is 697. The van der Waals surface area contributed by atoms with Crippen molar-refractivity contribution in [2.75, 3.05) is 18.9 Å². The van der Waals surface area contributed by atoms with Crippen molar-refractivity contribution in [2.24, 2.45) is 10.2 Å². The number of hydrogen-bond donors (Lipinski definition) is 1. The third-order valence-electron chi connectivity index (χ3n) is 3.61. The van der Waals surface area contributed by atoms with Gasteiger partial charge in [-0.1, -0.05) is 0 Å². The van der Waals surface area contributed by atoms with Gasteiger partial charge in [0.15, 0.2) is 0 Å². The van der Waals surface area contributed by atoms with E-state index in [0.717, 1.165) is 36.4 Å². The summed E-state index contributed by atoms with van der Waals surface area (Å²) in [6.45, 7) is 2.88. The summed E-state index contributed by atoms with van der Waals surface area (Å²) >= 11 is 0. The van der Waals surface area contributed by atoms with Gasteiger partial charge in [-0.05, 0) is 74.7 Å². The van der Waals surface area contributed by atoms with Crippen molar-refractivity contribution in [2.45, 2.75) is 32.6 Å². The molecule has 0 saturated heterocycles. The van der Waals surface area contributed by atoms with Gasteiger partial charge < -0.3 is 15.2 Å². The fourth-order valence-corrected chi connectivity index (χ4v) is 2.24. The maximum Gasteiger partial charge on any atom is 0.305 e. The van der Waals surface area contributed by atoms with Crippen molar-refractivity contribution in [1.29, 1.82) is 0 Å². The van der Waals surface area contributed by atoms with Crippen LogP contribution in [0.1, 0.15) is 32.6 Å².